The largest absolute Gasteiger partial charge is 0.349 e. The number of pyridine rings is 1. The maximum Gasteiger partial charge on any atom is 0.237 e. The number of aromatic nitrogens is 1. The molecule has 2 N–H and O–H groups in total. The highest BCUT2D eigenvalue weighted by Gasteiger charge is 2.25. The summed E-state index contributed by atoms with van der Waals surface area (Å²) in [5.74, 6) is 0.781. The van der Waals surface area contributed by atoms with Crippen LogP contribution in [0.5, 0.6) is 0 Å². The van der Waals surface area contributed by atoms with E-state index in [0.29, 0.717) is 12.5 Å². The molecule has 2 heterocycles. The Kier molecular flexibility index (Phi) is 5.53. The first-order valence-corrected chi connectivity index (χ1v) is 7.68. The molecule has 1 fully saturated rings. The standard InChI is InChI=1S/C16H25N3O/c1-3-12-7-9-18-14(10-12)16(20)19-11-15-13(4-2)6-5-8-17-15/h5-6,8,12,14,18H,3-4,7,9-11H2,1-2H3,(H,19,20). The third-order valence-corrected chi connectivity index (χ3v) is 4.20. The van der Waals surface area contributed by atoms with Gasteiger partial charge in [0.05, 0.1) is 18.3 Å². The minimum absolute atomic E-state index is 0.0394. The predicted molar refractivity (Wildman–Crippen MR) is 80.3 cm³/mol. The van der Waals surface area contributed by atoms with Gasteiger partial charge >= 0.3 is 0 Å². The zero-order chi connectivity index (χ0) is 14.4. The second-order valence-electron chi connectivity index (χ2n) is 5.49. The number of carbonyl (C=O) groups excluding carboxylic acids is 1. The van der Waals surface area contributed by atoms with Crippen molar-refractivity contribution in [2.24, 2.45) is 5.92 Å². The molecule has 1 saturated heterocycles. The van der Waals surface area contributed by atoms with Crippen molar-refractivity contribution in [3.63, 3.8) is 0 Å². The highest BCUT2D eigenvalue weighted by molar-refractivity contribution is 5.81. The lowest BCUT2D eigenvalue weighted by Gasteiger charge is -2.28. The third-order valence-electron chi connectivity index (χ3n) is 4.20. The summed E-state index contributed by atoms with van der Waals surface area (Å²) in [7, 11) is 0. The Morgan fingerprint density at radius 1 is 1.50 bits per heavy atom. The molecule has 110 valence electrons. The second-order valence-corrected chi connectivity index (χ2v) is 5.49. The van der Waals surface area contributed by atoms with E-state index in [-0.39, 0.29) is 11.9 Å². The molecule has 4 heteroatoms. The average molecular weight is 275 g/mol. The molecule has 2 rings (SSSR count). The normalized spacial score (nSPS) is 22.5. The zero-order valence-corrected chi connectivity index (χ0v) is 12.5. The van der Waals surface area contributed by atoms with Gasteiger partial charge in [-0.2, -0.15) is 0 Å². The average Bonchev–Trinajstić information content (AvgIpc) is 2.52. The van der Waals surface area contributed by atoms with Gasteiger partial charge in [-0.25, -0.2) is 0 Å². The molecular formula is C16H25N3O. The Hall–Kier alpha value is -1.42. The number of piperidine rings is 1. The van der Waals surface area contributed by atoms with Crippen LogP contribution in [0.25, 0.3) is 0 Å². The van der Waals surface area contributed by atoms with E-state index in [1.54, 1.807) is 6.20 Å². The van der Waals surface area contributed by atoms with Crippen LogP contribution < -0.4 is 10.6 Å². The van der Waals surface area contributed by atoms with E-state index >= 15 is 0 Å². The Bertz CT molecular complexity index is 447. The fraction of sp³-hybridized carbons (Fsp3) is 0.625. The number of nitrogens with zero attached hydrogens (tertiary/aromatic N) is 1. The lowest BCUT2D eigenvalue weighted by Crippen LogP contribution is -2.48. The van der Waals surface area contributed by atoms with Crippen molar-refractivity contribution in [3.05, 3.63) is 29.6 Å². The van der Waals surface area contributed by atoms with Crippen LogP contribution in [0.4, 0.5) is 0 Å². The fourth-order valence-electron chi connectivity index (χ4n) is 2.81. The SMILES string of the molecule is CCc1cccnc1CNC(=O)C1CC(CC)CCN1. The molecule has 0 radical (unpaired) electrons. The topological polar surface area (TPSA) is 54.0 Å². The van der Waals surface area contributed by atoms with Crippen molar-refractivity contribution in [2.75, 3.05) is 6.54 Å². The van der Waals surface area contributed by atoms with Gasteiger partial charge in [-0.3, -0.25) is 9.78 Å². The van der Waals surface area contributed by atoms with Gasteiger partial charge in [-0.15, -0.1) is 0 Å². The summed E-state index contributed by atoms with van der Waals surface area (Å²) >= 11 is 0. The van der Waals surface area contributed by atoms with Gasteiger partial charge in [0.2, 0.25) is 5.91 Å². The molecule has 0 aliphatic carbocycles. The smallest absolute Gasteiger partial charge is 0.237 e. The molecule has 1 amide bonds. The number of aryl methyl sites for hydroxylation is 1. The van der Waals surface area contributed by atoms with Crippen LogP contribution in [0.1, 0.15) is 44.4 Å². The number of carbonyl (C=O) groups is 1. The summed E-state index contributed by atoms with van der Waals surface area (Å²) in [5.41, 5.74) is 2.18. The Balaban J connectivity index is 1.88. The number of rotatable bonds is 5. The van der Waals surface area contributed by atoms with Gasteiger partial charge in [0.15, 0.2) is 0 Å². The molecule has 1 aromatic heterocycles. The lowest BCUT2D eigenvalue weighted by atomic mass is 9.90. The molecule has 1 aliphatic rings. The van der Waals surface area contributed by atoms with E-state index in [1.807, 2.05) is 6.07 Å². The van der Waals surface area contributed by atoms with E-state index in [9.17, 15) is 4.79 Å². The van der Waals surface area contributed by atoms with Crippen molar-refractivity contribution in [3.8, 4) is 0 Å². The first kappa shape index (κ1) is 15.0. The summed E-state index contributed by atoms with van der Waals surface area (Å²) in [6.45, 7) is 5.78. The van der Waals surface area contributed by atoms with Crippen LogP contribution in [0.2, 0.25) is 0 Å². The van der Waals surface area contributed by atoms with E-state index < -0.39 is 0 Å². The predicted octanol–water partition coefficient (Wildman–Crippen LogP) is 2.04. The monoisotopic (exact) mass is 275 g/mol. The zero-order valence-electron chi connectivity index (χ0n) is 12.5. The molecule has 1 aliphatic heterocycles. The van der Waals surface area contributed by atoms with Gasteiger partial charge in [0.25, 0.3) is 0 Å². The molecular weight excluding hydrogens is 250 g/mol. The van der Waals surface area contributed by atoms with Crippen molar-refractivity contribution in [1.82, 2.24) is 15.6 Å². The molecule has 0 bridgehead atoms. The van der Waals surface area contributed by atoms with Crippen molar-refractivity contribution < 1.29 is 4.79 Å². The molecule has 2 atom stereocenters. The Morgan fingerprint density at radius 2 is 2.35 bits per heavy atom. The molecule has 0 saturated carbocycles. The number of amides is 1. The minimum Gasteiger partial charge on any atom is -0.349 e. The van der Waals surface area contributed by atoms with Crippen LogP contribution in [-0.4, -0.2) is 23.5 Å². The molecule has 1 aromatic rings. The van der Waals surface area contributed by atoms with Crippen LogP contribution in [0.3, 0.4) is 0 Å². The van der Waals surface area contributed by atoms with E-state index in [4.69, 9.17) is 0 Å². The number of hydrogen-bond donors (Lipinski definition) is 2. The summed E-state index contributed by atoms with van der Waals surface area (Å²) in [6, 6.07) is 3.97. The van der Waals surface area contributed by atoms with Crippen LogP contribution >= 0.6 is 0 Å². The van der Waals surface area contributed by atoms with Gasteiger partial charge in [-0.1, -0.05) is 26.3 Å². The fourth-order valence-corrected chi connectivity index (χ4v) is 2.81. The Labute approximate surface area is 121 Å². The summed E-state index contributed by atoms with van der Waals surface area (Å²) in [5, 5.41) is 6.34. The number of hydrogen-bond acceptors (Lipinski definition) is 3. The van der Waals surface area contributed by atoms with E-state index in [1.165, 1.54) is 12.0 Å². The van der Waals surface area contributed by atoms with Gasteiger partial charge in [-0.05, 0) is 43.4 Å². The highest BCUT2D eigenvalue weighted by Crippen LogP contribution is 2.19. The maximum absolute atomic E-state index is 12.2. The van der Waals surface area contributed by atoms with Crippen LogP contribution in [-0.2, 0) is 17.8 Å². The van der Waals surface area contributed by atoms with Crippen molar-refractivity contribution in [2.45, 2.75) is 52.1 Å². The minimum atomic E-state index is -0.0394. The van der Waals surface area contributed by atoms with Crippen LogP contribution in [0.15, 0.2) is 18.3 Å². The van der Waals surface area contributed by atoms with Gasteiger partial charge in [0, 0.05) is 6.20 Å². The van der Waals surface area contributed by atoms with Crippen LogP contribution in [0, 0.1) is 5.92 Å². The molecule has 0 aromatic carbocycles. The summed E-state index contributed by atoms with van der Waals surface area (Å²) in [4.78, 5) is 16.6. The van der Waals surface area contributed by atoms with E-state index in [0.717, 1.165) is 31.5 Å². The van der Waals surface area contributed by atoms with Crippen molar-refractivity contribution in [1.29, 1.82) is 0 Å². The van der Waals surface area contributed by atoms with E-state index in [2.05, 4.69) is 35.5 Å². The lowest BCUT2D eigenvalue weighted by molar-refractivity contribution is -0.124. The van der Waals surface area contributed by atoms with Gasteiger partial charge in [0.1, 0.15) is 0 Å². The summed E-state index contributed by atoms with van der Waals surface area (Å²) in [6.07, 6.45) is 6.02. The van der Waals surface area contributed by atoms with Gasteiger partial charge < -0.3 is 10.6 Å². The first-order valence-electron chi connectivity index (χ1n) is 7.68. The Morgan fingerprint density at radius 3 is 3.10 bits per heavy atom. The molecule has 4 nitrogen and oxygen atoms in total. The second kappa shape index (κ2) is 7.39. The third kappa shape index (κ3) is 3.79. The molecule has 0 spiro atoms. The molecule has 20 heavy (non-hydrogen) atoms. The molecule has 2 unspecified atom stereocenters. The maximum atomic E-state index is 12.2. The highest BCUT2D eigenvalue weighted by atomic mass is 16.2. The summed E-state index contributed by atoms with van der Waals surface area (Å²) < 4.78 is 0. The number of nitrogens with one attached hydrogen (secondary N) is 2. The first-order chi connectivity index (χ1) is 9.74. The quantitative estimate of drug-likeness (QED) is 0.864. The van der Waals surface area contributed by atoms with Crippen molar-refractivity contribution >= 4 is 5.91 Å².